The molecule has 7 rings (SSSR count). The van der Waals surface area contributed by atoms with Crippen molar-refractivity contribution in [3.8, 4) is 11.3 Å². The van der Waals surface area contributed by atoms with Crippen LogP contribution >= 0.6 is 0 Å². The predicted octanol–water partition coefficient (Wildman–Crippen LogP) is 4.06. The summed E-state index contributed by atoms with van der Waals surface area (Å²) in [5, 5.41) is 18.1. The molecule has 2 N–H and O–H groups in total. The number of hydrogen-bond donors (Lipinski definition) is 2. The van der Waals surface area contributed by atoms with Crippen molar-refractivity contribution in [2.45, 2.75) is 31.5 Å². The number of benzene rings is 2. The molecule has 2 saturated heterocycles. The van der Waals surface area contributed by atoms with Crippen LogP contribution in [0.1, 0.15) is 24.9 Å². The molecule has 0 radical (unpaired) electrons. The van der Waals surface area contributed by atoms with Gasteiger partial charge in [0.05, 0.1) is 11.7 Å². The highest BCUT2D eigenvalue weighted by molar-refractivity contribution is 5.86. The second-order valence-electron chi connectivity index (χ2n) is 9.51. The maximum absolute atomic E-state index is 5.09. The van der Waals surface area contributed by atoms with Gasteiger partial charge in [0.15, 0.2) is 5.65 Å². The van der Waals surface area contributed by atoms with E-state index in [0.717, 1.165) is 48.2 Å². The fraction of sp³-hybridized carbons (Fsp3) is 0.259. The van der Waals surface area contributed by atoms with E-state index in [1.807, 2.05) is 22.7 Å². The summed E-state index contributed by atoms with van der Waals surface area (Å²) in [6.07, 6.45) is 4.75. The summed E-state index contributed by atoms with van der Waals surface area (Å²) in [5.74, 6) is 1.73. The van der Waals surface area contributed by atoms with E-state index in [-0.39, 0.29) is 6.04 Å². The van der Waals surface area contributed by atoms with Crippen LogP contribution in [0, 0.1) is 0 Å². The maximum Gasteiger partial charge on any atom is 0.213 e. The van der Waals surface area contributed by atoms with Crippen LogP contribution in [0.15, 0.2) is 73.2 Å². The van der Waals surface area contributed by atoms with Crippen molar-refractivity contribution in [1.29, 1.82) is 0 Å². The maximum atomic E-state index is 5.09. The summed E-state index contributed by atoms with van der Waals surface area (Å²) in [6.45, 7) is 4.13. The molecule has 3 unspecified atom stereocenters. The molecule has 0 aliphatic carbocycles. The van der Waals surface area contributed by atoms with E-state index in [1.54, 1.807) is 6.33 Å². The monoisotopic (exact) mass is 462 g/mol. The molecule has 0 amide bonds. The number of piperazine rings is 1. The van der Waals surface area contributed by atoms with E-state index in [2.05, 4.69) is 86.2 Å². The van der Waals surface area contributed by atoms with E-state index in [1.165, 1.54) is 16.3 Å². The van der Waals surface area contributed by atoms with Gasteiger partial charge in [-0.25, -0.2) is 9.97 Å². The zero-order valence-electron chi connectivity index (χ0n) is 19.5. The topological polar surface area (TPSA) is 83.3 Å². The summed E-state index contributed by atoms with van der Waals surface area (Å²) in [4.78, 5) is 12.1. The van der Waals surface area contributed by atoms with Gasteiger partial charge < -0.3 is 15.5 Å². The molecule has 5 aromatic rings. The Kier molecular flexibility index (Phi) is 4.66. The molecule has 8 heteroatoms. The van der Waals surface area contributed by atoms with Crippen molar-refractivity contribution >= 4 is 28.2 Å². The number of hydrogen-bond acceptors (Lipinski definition) is 7. The van der Waals surface area contributed by atoms with Crippen molar-refractivity contribution in [2.75, 3.05) is 23.3 Å². The fourth-order valence-electron chi connectivity index (χ4n) is 5.57. The second-order valence-corrected chi connectivity index (χ2v) is 9.51. The van der Waals surface area contributed by atoms with Crippen LogP contribution in [-0.4, -0.2) is 49.7 Å². The van der Waals surface area contributed by atoms with E-state index in [9.17, 15) is 0 Å². The summed E-state index contributed by atoms with van der Waals surface area (Å²) < 4.78 is 1.99. The molecule has 35 heavy (non-hydrogen) atoms. The summed E-state index contributed by atoms with van der Waals surface area (Å²) >= 11 is 0. The second kappa shape index (κ2) is 8.02. The molecule has 3 aromatic heterocycles. The molecular formula is C27H26N8. The Hall–Kier alpha value is -4.04. The third kappa shape index (κ3) is 3.49. The first-order chi connectivity index (χ1) is 17.2. The number of fused-ring (bicyclic) bond motifs is 4. The first-order valence-corrected chi connectivity index (χ1v) is 12.1. The number of pyridine rings is 1. The largest absolute Gasteiger partial charge is 0.364 e. The van der Waals surface area contributed by atoms with Gasteiger partial charge in [0.25, 0.3) is 0 Å². The van der Waals surface area contributed by atoms with Gasteiger partial charge in [-0.15, -0.1) is 10.2 Å². The van der Waals surface area contributed by atoms with Gasteiger partial charge >= 0.3 is 0 Å². The normalized spacial score (nSPS) is 20.1. The molecule has 2 aliphatic rings. The van der Waals surface area contributed by atoms with Crippen molar-refractivity contribution < 1.29 is 0 Å². The van der Waals surface area contributed by atoms with Crippen molar-refractivity contribution in [1.82, 2.24) is 29.9 Å². The number of rotatable bonds is 5. The van der Waals surface area contributed by atoms with Crippen LogP contribution in [-0.2, 0) is 0 Å². The standard InChI is InChI=1S/C27H26N8/c1-17(22-8-4-6-18-5-2-3-7-23(18)22)31-25-11-19(9-10-28-25)24-13-26-33-30-16-35(26)27(32-24)34-15-20-12-21(34)14-29-20/h2-11,13,16-17,20-21,29H,12,14-15H2,1H3,(H,28,31). The Morgan fingerprint density at radius 2 is 2.00 bits per heavy atom. The van der Waals surface area contributed by atoms with Gasteiger partial charge in [-0.1, -0.05) is 42.5 Å². The van der Waals surface area contributed by atoms with Gasteiger partial charge in [-0.2, -0.15) is 0 Å². The molecule has 3 atom stereocenters. The lowest BCUT2D eigenvalue weighted by Crippen LogP contribution is -2.44. The van der Waals surface area contributed by atoms with Crippen LogP contribution in [0.2, 0.25) is 0 Å². The summed E-state index contributed by atoms with van der Waals surface area (Å²) in [5.41, 5.74) is 3.93. The summed E-state index contributed by atoms with van der Waals surface area (Å²) in [7, 11) is 0. The third-order valence-corrected chi connectivity index (χ3v) is 7.30. The minimum Gasteiger partial charge on any atom is -0.364 e. The number of nitrogens with zero attached hydrogens (tertiary/aromatic N) is 6. The first-order valence-electron chi connectivity index (χ1n) is 12.1. The quantitative estimate of drug-likeness (QED) is 0.407. The molecule has 2 aliphatic heterocycles. The Labute approximate surface area is 203 Å². The van der Waals surface area contributed by atoms with Gasteiger partial charge in [0.1, 0.15) is 12.1 Å². The van der Waals surface area contributed by atoms with Gasteiger partial charge in [-0.3, -0.25) is 4.40 Å². The van der Waals surface area contributed by atoms with E-state index in [4.69, 9.17) is 4.98 Å². The fourth-order valence-corrected chi connectivity index (χ4v) is 5.57. The van der Waals surface area contributed by atoms with Crippen LogP contribution in [0.3, 0.4) is 0 Å². The lowest BCUT2D eigenvalue weighted by atomic mass is 9.99. The Morgan fingerprint density at radius 1 is 1.09 bits per heavy atom. The van der Waals surface area contributed by atoms with Crippen LogP contribution in [0.5, 0.6) is 0 Å². The van der Waals surface area contributed by atoms with Crippen molar-refractivity contribution in [2.24, 2.45) is 0 Å². The Bertz CT molecular complexity index is 1540. The molecule has 2 fully saturated rings. The van der Waals surface area contributed by atoms with Gasteiger partial charge in [0.2, 0.25) is 5.95 Å². The lowest BCUT2D eigenvalue weighted by Gasteiger charge is -2.29. The zero-order valence-corrected chi connectivity index (χ0v) is 19.5. The van der Waals surface area contributed by atoms with E-state index >= 15 is 0 Å². The Morgan fingerprint density at radius 3 is 2.89 bits per heavy atom. The van der Waals surface area contributed by atoms with Gasteiger partial charge in [-0.05, 0) is 41.8 Å². The Balaban J connectivity index is 1.23. The highest BCUT2D eigenvalue weighted by Gasteiger charge is 2.39. The molecule has 2 aromatic carbocycles. The highest BCUT2D eigenvalue weighted by atomic mass is 15.4. The minimum absolute atomic E-state index is 0.0963. The number of anilines is 2. The molecule has 0 spiro atoms. The van der Waals surface area contributed by atoms with Crippen molar-refractivity contribution in [3.05, 3.63) is 78.8 Å². The molecule has 8 nitrogen and oxygen atoms in total. The average molecular weight is 463 g/mol. The summed E-state index contributed by atoms with van der Waals surface area (Å²) in [6, 6.07) is 22.1. The number of aromatic nitrogens is 5. The lowest BCUT2D eigenvalue weighted by molar-refractivity contribution is 0.570. The predicted molar refractivity (Wildman–Crippen MR) is 138 cm³/mol. The third-order valence-electron chi connectivity index (χ3n) is 7.30. The van der Waals surface area contributed by atoms with E-state index in [0.29, 0.717) is 12.1 Å². The molecule has 5 heterocycles. The molecular weight excluding hydrogens is 436 g/mol. The SMILES string of the molecule is CC(Nc1cc(-c2cc3nncn3c(N3CC4CC3CN4)n2)ccn1)c1cccc2ccccc12. The number of nitrogens with one attached hydrogen (secondary N) is 2. The minimum atomic E-state index is 0.0963. The highest BCUT2D eigenvalue weighted by Crippen LogP contribution is 2.32. The van der Waals surface area contributed by atoms with Crippen LogP contribution in [0.25, 0.3) is 27.7 Å². The molecule has 2 bridgehead atoms. The van der Waals surface area contributed by atoms with Gasteiger partial charge in [0, 0.05) is 43.0 Å². The van der Waals surface area contributed by atoms with E-state index < -0.39 is 0 Å². The average Bonchev–Trinajstić information content (AvgIpc) is 3.65. The van der Waals surface area contributed by atoms with Crippen LogP contribution in [0.4, 0.5) is 11.8 Å². The smallest absolute Gasteiger partial charge is 0.213 e. The molecule has 174 valence electrons. The van der Waals surface area contributed by atoms with Crippen molar-refractivity contribution in [3.63, 3.8) is 0 Å². The van der Waals surface area contributed by atoms with Crippen LogP contribution < -0.4 is 15.5 Å². The zero-order chi connectivity index (χ0) is 23.4. The first kappa shape index (κ1) is 20.3. The molecule has 0 saturated carbocycles.